The first-order chi connectivity index (χ1) is 25.1. The highest BCUT2D eigenvalue weighted by Gasteiger charge is 2.49. The van der Waals surface area contributed by atoms with E-state index in [0.717, 1.165) is 26.2 Å². The van der Waals surface area contributed by atoms with Crippen molar-refractivity contribution in [2.45, 2.75) is 49.7 Å². The van der Waals surface area contributed by atoms with E-state index in [-0.39, 0.29) is 62.3 Å². The van der Waals surface area contributed by atoms with Crippen LogP contribution in [0.5, 0.6) is 0 Å². The molecule has 0 aliphatic carbocycles. The van der Waals surface area contributed by atoms with Gasteiger partial charge in [-0.15, -0.1) is 0 Å². The van der Waals surface area contributed by atoms with E-state index < -0.39 is 42.6 Å². The summed E-state index contributed by atoms with van der Waals surface area (Å²) in [6.07, 6.45) is 7.73. The second-order valence-corrected chi connectivity index (χ2v) is 14.7. The number of aliphatic hydroxyl groups is 1. The second-order valence-electron chi connectivity index (χ2n) is 12.4. The van der Waals surface area contributed by atoms with Crippen LogP contribution in [-0.2, 0) is 37.5 Å². The molecule has 6 rings (SSSR count). The van der Waals surface area contributed by atoms with Crippen molar-refractivity contribution >= 4 is 33.3 Å². The maximum atomic E-state index is 12.9. The molecule has 0 radical (unpaired) electrons. The van der Waals surface area contributed by atoms with Gasteiger partial charge in [0.05, 0.1) is 49.8 Å². The van der Waals surface area contributed by atoms with Crippen LogP contribution in [-0.4, -0.2) is 139 Å². The molecule has 2 aromatic rings. The summed E-state index contributed by atoms with van der Waals surface area (Å²) in [5.41, 5.74) is -1.59. The van der Waals surface area contributed by atoms with Crippen LogP contribution in [0.4, 0.5) is 0 Å². The molecule has 0 saturated carbocycles. The van der Waals surface area contributed by atoms with E-state index in [1.54, 1.807) is 40.6 Å². The van der Waals surface area contributed by atoms with Crippen molar-refractivity contribution in [3.05, 3.63) is 77.3 Å². The molecule has 4 aliphatic rings. The third kappa shape index (κ3) is 10.6. The van der Waals surface area contributed by atoms with E-state index in [0.29, 0.717) is 26.1 Å². The molecular formula is C32H49N6O13PS. The molecule has 0 aromatic carbocycles. The summed E-state index contributed by atoms with van der Waals surface area (Å²) in [6.45, 7) is 3.69. The molecule has 4 fully saturated rings. The highest BCUT2D eigenvalue weighted by molar-refractivity contribution is 7.59. The molecule has 0 bridgehead atoms. The highest BCUT2D eigenvalue weighted by atomic mass is 32.1. The predicted molar refractivity (Wildman–Crippen MR) is 197 cm³/mol. The first-order valence-corrected chi connectivity index (χ1v) is 18.3. The van der Waals surface area contributed by atoms with Gasteiger partial charge in [0.25, 0.3) is 11.1 Å². The fraction of sp³-hybridized carbons (Fsp3) is 0.625. The number of hydrogen-bond donors (Lipinski definition) is 3. The number of aromatic amines is 2. The number of nitrogens with zero attached hydrogens (tertiary/aromatic N) is 4. The zero-order valence-electron chi connectivity index (χ0n) is 30.1. The fourth-order valence-electron chi connectivity index (χ4n) is 5.97. The van der Waals surface area contributed by atoms with Crippen LogP contribution >= 0.6 is 21.2 Å². The molecular weight excluding hydrogens is 739 g/mol. The highest BCUT2D eigenvalue weighted by Crippen LogP contribution is 2.60. The standard InChI is InChI=1S/C18H27N4O7P.C14H20N2O6.H2S/c1-26-12-15-14(27-2)10-16(29-15)22-11-13(17(23)19-18(22)24)4-3-9-28-30(25,20-5-6-20)21-7-8-21;1-20-8-11-10(21-2)6-12(22-11)16-7-9(4-3-5-17)13(18)15-14(16)19;/h3-4,11,14-16H,5-10,12H2,1-2H3,(H,19,23,24);3-4,7,10-12,17H,5-6,8H2,1-2H3,(H,15,18,19);1H2/t14?,15-,16-;10?,11-,12-;/m11./s1. The molecule has 0 spiro atoms. The Morgan fingerprint density at radius 2 is 1.21 bits per heavy atom. The van der Waals surface area contributed by atoms with Crippen LogP contribution in [0, 0.1) is 0 Å². The van der Waals surface area contributed by atoms with Gasteiger partial charge >= 0.3 is 19.0 Å². The van der Waals surface area contributed by atoms with Gasteiger partial charge in [0.1, 0.15) is 24.7 Å². The normalized spacial score (nSPS) is 25.8. The third-order valence-corrected chi connectivity index (χ3v) is 11.6. The van der Waals surface area contributed by atoms with E-state index in [9.17, 15) is 23.7 Å². The average molecular weight is 789 g/mol. The zero-order valence-corrected chi connectivity index (χ0v) is 32.0. The minimum atomic E-state index is -2.90. The Bertz CT molecular complexity index is 1840. The molecule has 53 heavy (non-hydrogen) atoms. The predicted octanol–water partition coefficient (Wildman–Crippen LogP) is -0.142. The maximum absolute atomic E-state index is 12.9. The Morgan fingerprint density at radius 1 is 0.774 bits per heavy atom. The van der Waals surface area contributed by atoms with Gasteiger partial charge in [-0.1, -0.05) is 12.2 Å². The van der Waals surface area contributed by atoms with Gasteiger partial charge < -0.3 is 38.1 Å². The summed E-state index contributed by atoms with van der Waals surface area (Å²) in [4.78, 5) is 52.8. The van der Waals surface area contributed by atoms with E-state index in [1.807, 2.05) is 9.34 Å². The van der Waals surface area contributed by atoms with Gasteiger partial charge in [0, 0.05) is 79.9 Å². The average Bonchev–Trinajstić information content (AvgIpc) is 4.07. The quantitative estimate of drug-likeness (QED) is 0.149. The van der Waals surface area contributed by atoms with Crippen LogP contribution in [0.1, 0.15) is 36.4 Å². The van der Waals surface area contributed by atoms with Gasteiger partial charge in [-0.25, -0.2) is 18.9 Å². The van der Waals surface area contributed by atoms with E-state index >= 15 is 0 Å². The van der Waals surface area contributed by atoms with Gasteiger partial charge in [0.2, 0.25) is 0 Å². The Balaban J connectivity index is 0.000000244. The lowest BCUT2D eigenvalue weighted by atomic mass is 10.2. The summed E-state index contributed by atoms with van der Waals surface area (Å²) in [5.74, 6) is 0. The number of aromatic nitrogens is 4. The van der Waals surface area contributed by atoms with Gasteiger partial charge in [-0.05, 0) is 12.2 Å². The van der Waals surface area contributed by atoms with Crippen molar-refractivity contribution < 1.29 is 42.6 Å². The van der Waals surface area contributed by atoms with Crippen LogP contribution in [0.25, 0.3) is 12.2 Å². The summed E-state index contributed by atoms with van der Waals surface area (Å²) in [7, 11) is 3.38. The zero-order chi connectivity index (χ0) is 37.4. The first kappa shape index (κ1) is 42.8. The SMILES string of the molecule is COC[C@H]1O[C@@H](n2cc(C=CCO)c(=O)[nH]c2=O)CC1OC.COC[C@H]1O[C@@H](n2cc(C=CCOP(=O)(N3CC3)N3CC3)c(=O)[nH]c2=O)CC1OC.S. The molecule has 6 heterocycles. The number of aliphatic hydroxyl groups excluding tert-OH is 1. The van der Waals surface area contributed by atoms with Gasteiger partial charge in [0.15, 0.2) is 0 Å². The fourth-order valence-corrected chi connectivity index (χ4v) is 8.12. The lowest BCUT2D eigenvalue weighted by molar-refractivity contribution is -0.0618. The lowest BCUT2D eigenvalue weighted by Gasteiger charge is -2.18. The molecule has 4 saturated heterocycles. The Morgan fingerprint density at radius 3 is 1.58 bits per heavy atom. The van der Waals surface area contributed by atoms with Gasteiger partial charge in [-0.2, -0.15) is 13.5 Å². The first-order valence-electron chi connectivity index (χ1n) is 16.8. The molecule has 2 unspecified atom stereocenters. The van der Waals surface area contributed by atoms with Crippen molar-refractivity contribution in [2.24, 2.45) is 0 Å². The second kappa shape index (κ2) is 19.6. The van der Waals surface area contributed by atoms with Gasteiger partial charge in [-0.3, -0.25) is 33.3 Å². The van der Waals surface area contributed by atoms with Crippen molar-refractivity contribution in [2.75, 3.05) is 81.0 Å². The summed E-state index contributed by atoms with van der Waals surface area (Å²) < 4.78 is 57.5. The largest absolute Gasteiger partial charge is 0.392 e. The third-order valence-electron chi connectivity index (χ3n) is 8.84. The lowest BCUT2D eigenvalue weighted by Crippen LogP contribution is -2.33. The van der Waals surface area contributed by atoms with Crippen molar-refractivity contribution in [3.8, 4) is 0 Å². The van der Waals surface area contributed by atoms with Crippen molar-refractivity contribution in [3.63, 3.8) is 0 Å². The number of H-pyrrole nitrogens is 2. The molecule has 0 amide bonds. The summed E-state index contributed by atoms with van der Waals surface area (Å²) in [5, 5.41) is 8.79. The molecule has 2 aromatic heterocycles. The summed E-state index contributed by atoms with van der Waals surface area (Å²) in [6, 6.07) is 0. The molecule has 3 N–H and O–H groups in total. The topological polar surface area (TPSA) is 218 Å². The number of ether oxygens (including phenoxy) is 6. The number of methoxy groups -OCH3 is 4. The van der Waals surface area contributed by atoms with E-state index in [1.165, 1.54) is 33.7 Å². The van der Waals surface area contributed by atoms with Crippen LogP contribution in [0.15, 0.2) is 43.7 Å². The Kier molecular flexibility index (Phi) is 15.8. The number of nitrogens with one attached hydrogen (secondary N) is 2. The molecule has 4 aliphatic heterocycles. The Labute approximate surface area is 312 Å². The Hall–Kier alpha value is -2.98. The minimum Gasteiger partial charge on any atom is -0.392 e. The van der Waals surface area contributed by atoms with Crippen molar-refractivity contribution in [1.29, 1.82) is 0 Å². The van der Waals surface area contributed by atoms with E-state index in [2.05, 4.69) is 9.97 Å². The minimum absolute atomic E-state index is 0. The van der Waals surface area contributed by atoms with Crippen LogP contribution < -0.4 is 22.5 Å². The molecule has 296 valence electrons. The molecule has 6 atom stereocenters. The number of rotatable bonds is 16. The monoisotopic (exact) mass is 788 g/mol. The molecule has 19 nitrogen and oxygen atoms in total. The number of hydrogen-bond acceptors (Lipinski definition) is 13. The smallest absolute Gasteiger partial charge is 0.346 e. The maximum Gasteiger partial charge on any atom is 0.346 e. The molecule has 21 heteroatoms. The van der Waals surface area contributed by atoms with Crippen LogP contribution in [0.2, 0.25) is 0 Å². The van der Waals surface area contributed by atoms with Crippen molar-refractivity contribution in [1.82, 2.24) is 28.4 Å². The summed E-state index contributed by atoms with van der Waals surface area (Å²) >= 11 is 0. The van der Waals surface area contributed by atoms with Crippen LogP contribution in [0.3, 0.4) is 0 Å². The van der Waals surface area contributed by atoms with E-state index in [4.69, 9.17) is 38.1 Å².